The van der Waals surface area contributed by atoms with Crippen LogP contribution in [-0.2, 0) is 4.79 Å². The smallest absolute Gasteiger partial charge is 0.229 e. The second-order valence-corrected chi connectivity index (χ2v) is 5.38. The molecule has 20 heavy (non-hydrogen) atoms. The largest absolute Gasteiger partial charge is 0.328 e. The Kier molecular flexibility index (Phi) is 4.78. The van der Waals surface area contributed by atoms with E-state index in [1.807, 2.05) is 35.3 Å². The molecule has 2 heteroatoms. The number of benzene rings is 1. The fraction of sp³-hybridized carbons (Fsp3) is 0.389. The van der Waals surface area contributed by atoms with Gasteiger partial charge in [-0.3, -0.25) is 4.79 Å². The summed E-state index contributed by atoms with van der Waals surface area (Å²) in [5.41, 5.74) is 1.18. The highest BCUT2D eigenvalue weighted by Crippen LogP contribution is 2.38. The Hall–Kier alpha value is -1.83. The molecule has 0 N–H and O–H groups in total. The first-order chi connectivity index (χ1) is 9.70. The van der Waals surface area contributed by atoms with Gasteiger partial charge >= 0.3 is 0 Å². The minimum atomic E-state index is 0.110. The highest BCUT2D eigenvalue weighted by molar-refractivity contribution is 5.87. The van der Waals surface area contributed by atoms with Gasteiger partial charge in [0.25, 0.3) is 0 Å². The van der Waals surface area contributed by atoms with Crippen LogP contribution in [0.5, 0.6) is 0 Å². The lowest BCUT2D eigenvalue weighted by Crippen LogP contribution is -2.60. The summed E-state index contributed by atoms with van der Waals surface area (Å²) in [5, 5.41) is 0. The van der Waals surface area contributed by atoms with Crippen molar-refractivity contribution in [3.05, 3.63) is 61.2 Å². The van der Waals surface area contributed by atoms with Gasteiger partial charge in [0.15, 0.2) is 0 Å². The number of β-lactam (4-membered cyclic amide) rings is 1. The molecule has 1 aromatic carbocycles. The van der Waals surface area contributed by atoms with Gasteiger partial charge in [-0.15, -0.1) is 13.2 Å². The maximum absolute atomic E-state index is 12.4. The van der Waals surface area contributed by atoms with Crippen LogP contribution >= 0.6 is 0 Å². The molecule has 0 aliphatic carbocycles. The summed E-state index contributed by atoms with van der Waals surface area (Å²) in [6.07, 6.45) is 6.76. The second kappa shape index (κ2) is 6.56. The Balaban J connectivity index is 2.04. The molecule has 1 aliphatic rings. The number of likely N-dealkylation sites (tertiary alicyclic amines) is 1. The summed E-state index contributed by atoms with van der Waals surface area (Å²) in [4.78, 5) is 14.4. The molecule has 0 spiro atoms. The van der Waals surface area contributed by atoms with E-state index < -0.39 is 0 Å². The number of amides is 1. The van der Waals surface area contributed by atoms with Crippen LogP contribution in [0.2, 0.25) is 0 Å². The van der Waals surface area contributed by atoms with E-state index in [4.69, 9.17) is 0 Å². The molecular formula is C18H23NO. The maximum atomic E-state index is 12.4. The zero-order chi connectivity index (χ0) is 14.5. The number of nitrogens with zero attached hydrogens (tertiary/aromatic N) is 1. The first kappa shape index (κ1) is 14.6. The molecule has 1 aromatic rings. The third-order valence-electron chi connectivity index (χ3n) is 4.17. The van der Waals surface area contributed by atoms with Gasteiger partial charge in [-0.2, -0.15) is 0 Å². The van der Waals surface area contributed by atoms with E-state index in [9.17, 15) is 4.79 Å². The number of hydrogen-bond donors (Lipinski definition) is 0. The van der Waals surface area contributed by atoms with Gasteiger partial charge in [0.2, 0.25) is 5.91 Å². The van der Waals surface area contributed by atoms with E-state index in [-0.39, 0.29) is 23.9 Å². The Bertz CT molecular complexity index is 479. The van der Waals surface area contributed by atoms with E-state index in [0.717, 1.165) is 19.3 Å². The van der Waals surface area contributed by atoms with E-state index in [0.29, 0.717) is 0 Å². The quantitative estimate of drug-likeness (QED) is 0.414. The van der Waals surface area contributed by atoms with Gasteiger partial charge in [0, 0.05) is 0 Å². The van der Waals surface area contributed by atoms with Crippen molar-refractivity contribution < 1.29 is 4.79 Å². The molecule has 1 amide bonds. The summed E-state index contributed by atoms with van der Waals surface area (Å²) in [7, 11) is 0. The Labute approximate surface area is 121 Å². The predicted octanol–water partition coefficient (Wildman–Crippen LogP) is 4.12. The van der Waals surface area contributed by atoms with Crippen molar-refractivity contribution in [2.45, 2.75) is 38.3 Å². The summed E-state index contributed by atoms with van der Waals surface area (Å²) in [6, 6.07) is 10.5. The van der Waals surface area contributed by atoms with Gasteiger partial charge in [-0.25, -0.2) is 0 Å². The van der Waals surface area contributed by atoms with Crippen LogP contribution in [0.3, 0.4) is 0 Å². The molecule has 1 fully saturated rings. The van der Waals surface area contributed by atoms with Crippen LogP contribution in [-0.4, -0.2) is 16.8 Å². The van der Waals surface area contributed by atoms with Crippen molar-refractivity contribution in [2.75, 3.05) is 0 Å². The minimum absolute atomic E-state index is 0.110. The van der Waals surface area contributed by atoms with Crippen LogP contribution in [0.25, 0.3) is 0 Å². The zero-order valence-corrected chi connectivity index (χ0v) is 12.2. The lowest BCUT2D eigenvalue weighted by Gasteiger charge is -2.49. The monoisotopic (exact) mass is 269 g/mol. The molecule has 1 saturated heterocycles. The second-order valence-electron chi connectivity index (χ2n) is 5.38. The SMILES string of the molecule is C=CCCC[C@H]1C(=O)N([C@@H](C)c2ccccc2)[C@H]1C=C. The highest BCUT2D eigenvalue weighted by Gasteiger charge is 2.46. The fourth-order valence-electron chi connectivity index (χ4n) is 2.99. The van der Waals surface area contributed by atoms with Gasteiger partial charge in [0.05, 0.1) is 18.0 Å². The van der Waals surface area contributed by atoms with Gasteiger partial charge < -0.3 is 4.90 Å². The van der Waals surface area contributed by atoms with Gasteiger partial charge in [-0.05, 0) is 31.7 Å². The number of unbranched alkanes of at least 4 members (excludes halogenated alkanes) is 1. The van der Waals surface area contributed by atoms with Gasteiger partial charge in [0.1, 0.15) is 0 Å². The van der Waals surface area contributed by atoms with Crippen LogP contribution in [0.1, 0.15) is 37.8 Å². The lowest BCUT2D eigenvalue weighted by atomic mass is 9.81. The van der Waals surface area contributed by atoms with E-state index in [2.05, 4.69) is 32.2 Å². The van der Waals surface area contributed by atoms with Crippen molar-refractivity contribution in [1.29, 1.82) is 0 Å². The van der Waals surface area contributed by atoms with Crippen LogP contribution in [0, 0.1) is 5.92 Å². The topological polar surface area (TPSA) is 20.3 Å². The average Bonchev–Trinajstić information content (AvgIpc) is 2.49. The number of carbonyl (C=O) groups is 1. The molecule has 106 valence electrons. The molecule has 1 aliphatic heterocycles. The van der Waals surface area contributed by atoms with Gasteiger partial charge in [-0.1, -0.05) is 42.5 Å². The molecule has 0 aromatic heterocycles. The summed E-state index contributed by atoms with van der Waals surface area (Å²) in [6.45, 7) is 9.72. The summed E-state index contributed by atoms with van der Waals surface area (Å²) in [5.74, 6) is 0.369. The van der Waals surface area contributed by atoms with Crippen LogP contribution in [0.4, 0.5) is 0 Å². The lowest BCUT2D eigenvalue weighted by molar-refractivity contribution is -0.157. The minimum Gasteiger partial charge on any atom is -0.328 e. The van der Waals surface area contributed by atoms with Crippen molar-refractivity contribution in [3.8, 4) is 0 Å². The van der Waals surface area contributed by atoms with Crippen molar-refractivity contribution in [2.24, 2.45) is 5.92 Å². The average molecular weight is 269 g/mol. The Morgan fingerprint density at radius 3 is 2.60 bits per heavy atom. The summed E-state index contributed by atoms with van der Waals surface area (Å²) >= 11 is 0. The molecular weight excluding hydrogens is 246 g/mol. The standard InChI is InChI=1S/C18H23NO/c1-4-6-8-13-16-17(5-2)19(18(16)20)14(3)15-11-9-7-10-12-15/h4-5,7,9-12,14,16-17H,1-2,6,8,13H2,3H3/t14-,16+,17-/m0/s1. The van der Waals surface area contributed by atoms with E-state index in [1.54, 1.807) is 0 Å². The normalized spacial score (nSPS) is 23.1. The summed E-state index contributed by atoms with van der Waals surface area (Å²) < 4.78 is 0. The first-order valence-electron chi connectivity index (χ1n) is 7.31. The van der Waals surface area contributed by atoms with E-state index >= 15 is 0 Å². The molecule has 1 heterocycles. The maximum Gasteiger partial charge on any atom is 0.229 e. The molecule has 2 nitrogen and oxygen atoms in total. The van der Waals surface area contributed by atoms with Crippen molar-refractivity contribution in [3.63, 3.8) is 0 Å². The van der Waals surface area contributed by atoms with Crippen LogP contribution in [0.15, 0.2) is 55.6 Å². The first-order valence-corrected chi connectivity index (χ1v) is 7.31. The molecule has 0 unspecified atom stereocenters. The zero-order valence-electron chi connectivity index (χ0n) is 12.2. The molecule has 2 rings (SSSR count). The molecule has 3 atom stereocenters. The highest BCUT2D eigenvalue weighted by atomic mass is 16.2. The predicted molar refractivity (Wildman–Crippen MR) is 83.2 cm³/mol. The number of carbonyl (C=O) groups excluding carboxylic acids is 1. The van der Waals surface area contributed by atoms with Crippen molar-refractivity contribution in [1.82, 2.24) is 4.90 Å². The molecule has 0 bridgehead atoms. The van der Waals surface area contributed by atoms with E-state index in [1.165, 1.54) is 5.56 Å². The number of rotatable bonds is 7. The Morgan fingerprint density at radius 2 is 2.00 bits per heavy atom. The number of allylic oxidation sites excluding steroid dienone is 1. The third kappa shape index (κ3) is 2.69. The third-order valence-corrected chi connectivity index (χ3v) is 4.17. The Morgan fingerprint density at radius 1 is 1.30 bits per heavy atom. The number of hydrogen-bond acceptors (Lipinski definition) is 1. The van der Waals surface area contributed by atoms with Crippen molar-refractivity contribution >= 4 is 5.91 Å². The fourth-order valence-corrected chi connectivity index (χ4v) is 2.99. The van der Waals surface area contributed by atoms with Crippen LogP contribution < -0.4 is 0 Å². The molecule has 0 radical (unpaired) electrons. The molecule has 0 saturated carbocycles.